The van der Waals surface area contributed by atoms with E-state index in [-0.39, 0.29) is 17.1 Å². The summed E-state index contributed by atoms with van der Waals surface area (Å²) in [6, 6.07) is 10.2. The normalized spacial score (nSPS) is 14.1. The van der Waals surface area contributed by atoms with Gasteiger partial charge >= 0.3 is 0 Å². The fraction of sp³-hybridized carbons (Fsp3) is 0.190. The largest absolute Gasteiger partial charge is 0.389 e. The first-order valence-corrected chi connectivity index (χ1v) is 10.7. The molecule has 2 aromatic heterocycles. The van der Waals surface area contributed by atoms with Gasteiger partial charge in [0, 0.05) is 28.7 Å². The lowest BCUT2D eigenvalue weighted by molar-refractivity contribution is -0.0112. The van der Waals surface area contributed by atoms with Crippen molar-refractivity contribution in [3.8, 4) is 11.4 Å². The Kier molecular flexibility index (Phi) is 6.04. The standard InChI is InChI=1S/C21H18F2N6OS2/c1-12(20-27-19(28-32-20)14-4-2-13(3-5-14)18(24)31)21(30,9-29-11-25-10-26-29)16-7-6-15(22)8-17(16)23/h2-8,10-12,30H,9H2,1H3,(H2,24,31). The Labute approximate surface area is 191 Å². The SMILES string of the molecule is CC(c1nc(-c2ccc(C(N)=S)cc2)ns1)C(O)(Cn1cncn1)c1ccc(F)cc1F. The molecule has 0 fully saturated rings. The lowest BCUT2D eigenvalue weighted by Crippen LogP contribution is -2.38. The highest BCUT2D eigenvalue weighted by atomic mass is 32.1. The summed E-state index contributed by atoms with van der Waals surface area (Å²) in [6.07, 6.45) is 2.72. The number of thiocarbonyl (C=S) groups is 1. The topological polar surface area (TPSA) is 103 Å². The second-order valence-electron chi connectivity index (χ2n) is 7.26. The van der Waals surface area contributed by atoms with E-state index < -0.39 is 23.2 Å². The van der Waals surface area contributed by atoms with Crippen LogP contribution in [0.2, 0.25) is 0 Å². The molecule has 0 amide bonds. The third-order valence-corrected chi connectivity index (χ3v) is 6.36. The van der Waals surface area contributed by atoms with Crippen LogP contribution in [0.4, 0.5) is 8.78 Å². The minimum absolute atomic E-state index is 0.0699. The molecular formula is C21H18F2N6OS2. The minimum Gasteiger partial charge on any atom is -0.389 e. The monoisotopic (exact) mass is 472 g/mol. The number of nitrogens with zero attached hydrogens (tertiary/aromatic N) is 5. The van der Waals surface area contributed by atoms with E-state index in [1.165, 1.54) is 23.4 Å². The molecule has 0 spiro atoms. The molecule has 0 saturated carbocycles. The molecule has 0 aliphatic rings. The van der Waals surface area contributed by atoms with Crippen molar-refractivity contribution in [2.75, 3.05) is 0 Å². The van der Waals surface area contributed by atoms with Gasteiger partial charge in [-0.1, -0.05) is 49.5 Å². The van der Waals surface area contributed by atoms with Gasteiger partial charge in [-0.3, -0.25) is 0 Å². The van der Waals surface area contributed by atoms with E-state index in [1.807, 2.05) is 0 Å². The fourth-order valence-corrected chi connectivity index (χ4v) is 4.32. The third kappa shape index (κ3) is 4.27. The van der Waals surface area contributed by atoms with Gasteiger partial charge in [0.1, 0.15) is 39.9 Å². The second-order valence-corrected chi connectivity index (χ2v) is 8.48. The van der Waals surface area contributed by atoms with Crippen molar-refractivity contribution in [3.05, 3.63) is 82.9 Å². The van der Waals surface area contributed by atoms with Crippen LogP contribution in [0.5, 0.6) is 0 Å². The molecule has 2 unspecified atom stereocenters. The molecule has 32 heavy (non-hydrogen) atoms. The molecule has 2 aromatic carbocycles. The molecule has 0 bridgehead atoms. The van der Waals surface area contributed by atoms with E-state index in [9.17, 15) is 13.9 Å². The van der Waals surface area contributed by atoms with E-state index in [4.69, 9.17) is 18.0 Å². The maximum atomic E-state index is 14.7. The van der Waals surface area contributed by atoms with Gasteiger partial charge in [-0.15, -0.1) is 0 Å². The Morgan fingerprint density at radius 3 is 2.62 bits per heavy atom. The molecule has 0 aliphatic heterocycles. The van der Waals surface area contributed by atoms with Gasteiger partial charge in [0.05, 0.1) is 6.54 Å². The lowest BCUT2D eigenvalue weighted by Gasteiger charge is -2.33. The van der Waals surface area contributed by atoms with Crippen molar-refractivity contribution in [1.82, 2.24) is 24.1 Å². The van der Waals surface area contributed by atoms with Crippen LogP contribution < -0.4 is 5.73 Å². The Bertz CT molecular complexity index is 1250. The van der Waals surface area contributed by atoms with Crippen LogP contribution in [0.3, 0.4) is 0 Å². The number of benzene rings is 2. The van der Waals surface area contributed by atoms with Crippen molar-refractivity contribution in [3.63, 3.8) is 0 Å². The first-order chi connectivity index (χ1) is 15.3. The van der Waals surface area contributed by atoms with E-state index in [0.717, 1.165) is 34.8 Å². The van der Waals surface area contributed by atoms with Gasteiger partial charge in [0.15, 0.2) is 5.82 Å². The van der Waals surface area contributed by atoms with Crippen LogP contribution in [0.25, 0.3) is 11.4 Å². The summed E-state index contributed by atoms with van der Waals surface area (Å²) in [7, 11) is 0. The summed E-state index contributed by atoms with van der Waals surface area (Å²) in [5.74, 6) is -1.85. The Balaban J connectivity index is 1.71. The molecule has 2 atom stereocenters. The summed E-state index contributed by atoms with van der Waals surface area (Å²) >= 11 is 6.06. The van der Waals surface area contributed by atoms with Crippen LogP contribution in [0, 0.1) is 11.6 Å². The van der Waals surface area contributed by atoms with Gasteiger partial charge in [-0.25, -0.2) is 23.4 Å². The van der Waals surface area contributed by atoms with Gasteiger partial charge in [0.2, 0.25) is 0 Å². The highest BCUT2D eigenvalue weighted by molar-refractivity contribution is 7.80. The number of aromatic nitrogens is 5. The quantitative estimate of drug-likeness (QED) is 0.398. The predicted molar refractivity (Wildman–Crippen MR) is 120 cm³/mol. The Morgan fingerprint density at radius 1 is 1.25 bits per heavy atom. The van der Waals surface area contributed by atoms with Crippen molar-refractivity contribution in [2.45, 2.75) is 25.0 Å². The Morgan fingerprint density at radius 2 is 2.00 bits per heavy atom. The van der Waals surface area contributed by atoms with E-state index in [1.54, 1.807) is 31.2 Å². The number of aliphatic hydroxyl groups is 1. The zero-order valence-electron chi connectivity index (χ0n) is 16.8. The maximum absolute atomic E-state index is 14.7. The fourth-order valence-electron chi connectivity index (χ4n) is 3.37. The van der Waals surface area contributed by atoms with Gasteiger partial charge in [-0.2, -0.15) is 9.47 Å². The third-order valence-electron chi connectivity index (χ3n) is 5.22. The van der Waals surface area contributed by atoms with Crippen molar-refractivity contribution < 1.29 is 13.9 Å². The van der Waals surface area contributed by atoms with Crippen LogP contribution in [0.1, 0.15) is 29.0 Å². The van der Waals surface area contributed by atoms with Crippen LogP contribution in [0.15, 0.2) is 55.1 Å². The number of hydrogen-bond acceptors (Lipinski definition) is 7. The summed E-state index contributed by atoms with van der Waals surface area (Å²) in [4.78, 5) is 8.73. The van der Waals surface area contributed by atoms with Gasteiger partial charge < -0.3 is 10.8 Å². The number of halogens is 2. The molecule has 11 heteroatoms. The Hall–Kier alpha value is -3.15. The molecule has 164 valence electrons. The van der Waals surface area contributed by atoms with E-state index >= 15 is 0 Å². The van der Waals surface area contributed by atoms with Crippen molar-refractivity contribution in [2.24, 2.45) is 5.73 Å². The van der Waals surface area contributed by atoms with Gasteiger partial charge in [0.25, 0.3) is 0 Å². The molecule has 0 radical (unpaired) electrons. The number of nitrogens with two attached hydrogens (primary N) is 1. The zero-order chi connectivity index (χ0) is 22.9. The van der Waals surface area contributed by atoms with Crippen molar-refractivity contribution in [1.29, 1.82) is 0 Å². The van der Waals surface area contributed by atoms with Gasteiger partial charge in [-0.05, 0) is 17.6 Å². The average molecular weight is 473 g/mol. The van der Waals surface area contributed by atoms with Crippen LogP contribution >= 0.6 is 23.8 Å². The lowest BCUT2D eigenvalue weighted by atomic mass is 9.82. The van der Waals surface area contributed by atoms with Crippen LogP contribution in [-0.4, -0.2) is 34.2 Å². The molecule has 3 N–H and O–H groups in total. The zero-order valence-corrected chi connectivity index (χ0v) is 18.4. The highest BCUT2D eigenvalue weighted by Crippen LogP contribution is 2.40. The first-order valence-electron chi connectivity index (χ1n) is 9.52. The molecule has 7 nitrogen and oxygen atoms in total. The molecule has 0 aliphatic carbocycles. The summed E-state index contributed by atoms with van der Waals surface area (Å²) < 4.78 is 34.0. The number of hydrogen-bond donors (Lipinski definition) is 2. The van der Waals surface area contributed by atoms with Crippen LogP contribution in [-0.2, 0) is 12.1 Å². The summed E-state index contributed by atoms with van der Waals surface area (Å²) in [6.45, 7) is 1.59. The molecule has 4 rings (SSSR count). The van der Waals surface area contributed by atoms with E-state index in [2.05, 4.69) is 19.4 Å². The summed E-state index contributed by atoms with van der Waals surface area (Å²) in [5.41, 5.74) is 5.24. The average Bonchev–Trinajstić information content (AvgIpc) is 3.45. The smallest absolute Gasteiger partial charge is 0.173 e. The minimum atomic E-state index is -1.79. The van der Waals surface area contributed by atoms with E-state index in [0.29, 0.717) is 10.8 Å². The highest BCUT2D eigenvalue weighted by Gasteiger charge is 2.41. The maximum Gasteiger partial charge on any atom is 0.173 e. The molecule has 4 aromatic rings. The predicted octanol–water partition coefficient (Wildman–Crippen LogP) is 3.40. The molecule has 2 heterocycles. The first kappa shape index (κ1) is 22.1. The number of rotatable bonds is 7. The molecule has 0 saturated heterocycles. The van der Waals surface area contributed by atoms with Crippen molar-refractivity contribution >= 4 is 28.7 Å². The summed E-state index contributed by atoms with van der Waals surface area (Å²) in [5, 5.41) is 16.2. The second kappa shape index (κ2) is 8.77. The molecular weight excluding hydrogens is 454 g/mol.